The molecule has 0 saturated carbocycles. The third-order valence-corrected chi connectivity index (χ3v) is 6.98. The zero-order chi connectivity index (χ0) is 24.6. The number of aryl methyl sites for hydroxylation is 2. The Morgan fingerprint density at radius 2 is 1.76 bits per heavy atom. The maximum absolute atomic E-state index is 13.7. The molecule has 1 aliphatic heterocycles. The molecule has 34 heavy (non-hydrogen) atoms. The number of anilines is 1. The maximum Gasteiger partial charge on any atom is 0.294 e. The largest absolute Gasteiger partial charge is 0.503 e. The van der Waals surface area contributed by atoms with Gasteiger partial charge in [0.1, 0.15) is 5.75 Å². The first-order chi connectivity index (χ1) is 16.2. The lowest BCUT2D eigenvalue weighted by atomic mass is 9.92. The highest BCUT2D eigenvalue weighted by molar-refractivity contribution is 7.14. The van der Waals surface area contributed by atoms with Gasteiger partial charge in [0.25, 0.3) is 5.91 Å². The summed E-state index contributed by atoms with van der Waals surface area (Å²) in [6.45, 7) is 10.2. The van der Waals surface area contributed by atoms with Crippen LogP contribution in [0.4, 0.5) is 5.69 Å². The van der Waals surface area contributed by atoms with Gasteiger partial charge in [-0.3, -0.25) is 14.5 Å². The molecule has 176 valence electrons. The number of carbonyl (C=O) groups is 2. The van der Waals surface area contributed by atoms with Crippen molar-refractivity contribution >= 4 is 28.7 Å². The van der Waals surface area contributed by atoms with Crippen LogP contribution in [-0.2, 0) is 4.79 Å². The average Bonchev–Trinajstić information content (AvgIpc) is 3.29. The summed E-state index contributed by atoms with van der Waals surface area (Å²) in [5.74, 6) is -0.485. The molecule has 1 atom stereocenters. The van der Waals surface area contributed by atoms with Crippen molar-refractivity contribution in [3.63, 3.8) is 0 Å². The van der Waals surface area contributed by atoms with Crippen molar-refractivity contribution in [1.82, 2.24) is 4.98 Å². The van der Waals surface area contributed by atoms with Crippen molar-refractivity contribution in [2.45, 2.75) is 46.6 Å². The number of nitrogens with zero attached hydrogens (tertiary/aromatic N) is 2. The lowest BCUT2D eigenvalue weighted by Crippen LogP contribution is -2.31. The van der Waals surface area contributed by atoms with Crippen LogP contribution in [0, 0.1) is 13.8 Å². The number of amides is 1. The first kappa shape index (κ1) is 23.7. The van der Waals surface area contributed by atoms with Gasteiger partial charge >= 0.3 is 0 Å². The van der Waals surface area contributed by atoms with Gasteiger partial charge in [0, 0.05) is 5.69 Å². The van der Waals surface area contributed by atoms with E-state index in [2.05, 4.69) is 18.8 Å². The van der Waals surface area contributed by atoms with Crippen molar-refractivity contribution in [2.75, 3.05) is 11.5 Å². The molecule has 7 heteroatoms. The highest BCUT2D eigenvalue weighted by Gasteiger charge is 2.45. The number of ether oxygens (including phenoxy) is 1. The molecular formula is C27H28N2O4S. The Hall–Kier alpha value is -3.45. The zero-order valence-electron chi connectivity index (χ0n) is 20.0. The number of hydrogen-bond acceptors (Lipinski definition) is 6. The SMILES string of the molecule is CCOc1ccc(N2C(=O)C(O)=C(C(=O)c3sc(C)nc3C)C2c2ccc(C(C)C)cc2)cc1. The number of hydrogen-bond donors (Lipinski definition) is 1. The van der Waals surface area contributed by atoms with Crippen LogP contribution in [0.3, 0.4) is 0 Å². The van der Waals surface area contributed by atoms with Crippen molar-refractivity contribution < 1.29 is 19.4 Å². The van der Waals surface area contributed by atoms with Gasteiger partial charge in [-0.2, -0.15) is 0 Å². The lowest BCUT2D eigenvalue weighted by Gasteiger charge is -2.27. The number of aliphatic hydroxyl groups is 1. The van der Waals surface area contributed by atoms with Crippen molar-refractivity contribution in [2.24, 2.45) is 0 Å². The molecule has 3 aromatic rings. The molecule has 0 fully saturated rings. The quantitative estimate of drug-likeness (QED) is 0.419. The van der Waals surface area contributed by atoms with E-state index in [-0.39, 0.29) is 11.4 Å². The second kappa shape index (κ2) is 9.43. The molecular weight excluding hydrogens is 448 g/mol. The minimum atomic E-state index is -0.763. The van der Waals surface area contributed by atoms with E-state index in [4.69, 9.17) is 4.74 Å². The normalized spacial score (nSPS) is 16.0. The Labute approximate surface area is 203 Å². The second-order valence-electron chi connectivity index (χ2n) is 8.56. The molecule has 4 rings (SSSR count). The fourth-order valence-corrected chi connectivity index (χ4v) is 5.09. The predicted octanol–water partition coefficient (Wildman–Crippen LogP) is 6.06. The predicted molar refractivity (Wildman–Crippen MR) is 134 cm³/mol. The van der Waals surface area contributed by atoms with E-state index in [1.165, 1.54) is 16.2 Å². The number of ketones is 1. The van der Waals surface area contributed by atoms with Crippen LogP contribution in [0.5, 0.6) is 5.75 Å². The number of aromatic nitrogens is 1. The summed E-state index contributed by atoms with van der Waals surface area (Å²) in [5.41, 5.74) is 3.13. The standard InChI is InChI=1S/C27H28N2O4S/c1-6-33-21-13-11-20(12-14-21)29-23(19-9-7-18(8-10-19)15(2)3)22(25(31)27(29)32)24(30)26-16(4)28-17(5)34-26/h7-15,23,31H,6H2,1-5H3. The number of thiazole rings is 1. The van der Waals surface area contributed by atoms with Crippen LogP contribution in [0.1, 0.15) is 64.2 Å². The van der Waals surface area contributed by atoms with E-state index in [1.54, 1.807) is 31.2 Å². The Balaban J connectivity index is 1.84. The van der Waals surface area contributed by atoms with Gasteiger partial charge in [-0.05, 0) is 62.1 Å². The van der Waals surface area contributed by atoms with Gasteiger partial charge in [-0.25, -0.2) is 4.98 Å². The van der Waals surface area contributed by atoms with Crippen molar-refractivity contribution in [3.05, 3.63) is 86.6 Å². The number of aliphatic hydroxyl groups excluding tert-OH is 1. The van der Waals surface area contributed by atoms with Gasteiger partial charge in [0.2, 0.25) is 5.78 Å². The fraction of sp³-hybridized carbons (Fsp3) is 0.296. The third kappa shape index (κ3) is 4.23. The number of carbonyl (C=O) groups excluding carboxylic acids is 2. The number of Topliss-reactive ketones (excluding diaryl/α,β-unsaturated/α-hetero) is 1. The van der Waals surface area contributed by atoms with E-state index in [0.717, 1.165) is 16.1 Å². The fourth-order valence-electron chi connectivity index (χ4n) is 4.22. The van der Waals surface area contributed by atoms with Crippen LogP contribution in [0.25, 0.3) is 0 Å². The van der Waals surface area contributed by atoms with Gasteiger partial charge in [-0.15, -0.1) is 11.3 Å². The molecule has 0 aliphatic carbocycles. The zero-order valence-corrected chi connectivity index (χ0v) is 20.8. The molecule has 0 spiro atoms. The summed E-state index contributed by atoms with van der Waals surface area (Å²) >= 11 is 1.27. The van der Waals surface area contributed by atoms with Crippen LogP contribution in [0.15, 0.2) is 59.9 Å². The average molecular weight is 477 g/mol. The van der Waals surface area contributed by atoms with Gasteiger partial charge in [0.15, 0.2) is 5.76 Å². The summed E-state index contributed by atoms with van der Waals surface area (Å²) in [6, 6.07) is 14.2. The molecule has 1 aliphatic rings. The van der Waals surface area contributed by atoms with E-state index in [1.807, 2.05) is 38.1 Å². The Bertz CT molecular complexity index is 1260. The van der Waals surface area contributed by atoms with Crippen LogP contribution < -0.4 is 9.64 Å². The van der Waals surface area contributed by atoms with Gasteiger partial charge in [0.05, 0.1) is 33.8 Å². The molecule has 6 nitrogen and oxygen atoms in total. The van der Waals surface area contributed by atoms with Gasteiger partial charge in [-0.1, -0.05) is 38.1 Å². The van der Waals surface area contributed by atoms with Crippen molar-refractivity contribution in [3.8, 4) is 5.75 Å². The molecule has 1 amide bonds. The monoisotopic (exact) mass is 476 g/mol. The Kier molecular flexibility index (Phi) is 6.57. The van der Waals surface area contributed by atoms with E-state index in [9.17, 15) is 14.7 Å². The van der Waals surface area contributed by atoms with E-state index in [0.29, 0.717) is 34.5 Å². The molecule has 0 bridgehead atoms. The summed E-state index contributed by atoms with van der Waals surface area (Å²) in [5, 5.41) is 11.7. The molecule has 0 radical (unpaired) electrons. The molecule has 2 heterocycles. The van der Waals surface area contributed by atoms with Crippen LogP contribution >= 0.6 is 11.3 Å². The summed E-state index contributed by atoms with van der Waals surface area (Å²) in [7, 11) is 0. The molecule has 0 saturated heterocycles. The highest BCUT2D eigenvalue weighted by atomic mass is 32.1. The number of rotatable bonds is 7. The van der Waals surface area contributed by atoms with E-state index >= 15 is 0 Å². The summed E-state index contributed by atoms with van der Waals surface area (Å²) < 4.78 is 5.53. The summed E-state index contributed by atoms with van der Waals surface area (Å²) in [6.07, 6.45) is 0. The Morgan fingerprint density at radius 3 is 2.29 bits per heavy atom. The van der Waals surface area contributed by atoms with Crippen molar-refractivity contribution in [1.29, 1.82) is 0 Å². The topological polar surface area (TPSA) is 79.7 Å². The smallest absolute Gasteiger partial charge is 0.294 e. The summed E-state index contributed by atoms with van der Waals surface area (Å²) in [4.78, 5) is 33.3. The van der Waals surface area contributed by atoms with Crippen LogP contribution in [-0.4, -0.2) is 28.4 Å². The molecule has 1 aromatic heterocycles. The number of benzene rings is 2. The second-order valence-corrected chi connectivity index (χ2v) is 9.77. The highest BCUT2D eigenvalue weighted by Crippen LogP contribution is 2.43. The molecule has 2 aromatic carbocycles. The van der Waals surface area contributed by atoms with Crippen LogP contribution in [0.2, 0.25) is 0 Å². The third-order valence-electron chi connectivity index (χ3n) is 5.91. The first-order valence-electron chi connectivity index (χ1n) is 11.3. The minimum Gasteiger partial charge on any atom is -0.503 e. The minimum absolute atomic E-state index is 0.0722. The lowest BCUT2D eigenvalue weighted by molar-refractivity contribution is -0.117. The Morgan fingerprint density at radius 1 is 1.12 bits per heavy atom. The van der Waals surface area contributed by atoms with Gasteiger partial charge < -0.3 is 9.84 Å². The maximum atomic E-state index is 13.7. The molecule has 1 unspecified atom stereocenters. The first-order valence-corrected chi connectivity index (χ1v) is 12.1. The molecule has 1 N–H and O–H groups in total. The van der Waals surface area contributed by atoms with E-state index < -0.39 is 17.7 Å².